The smallest absolute Gasteiger partial charge is 0.0700 e. The molecular weight excluding hydrogens is 160 g/mol. The zero-order valence-electron chi connectivity index (χ0n) is 6.79. The fourth-order valence-corrected chi connectivity index (χ4v) is 0.682. The van der Waals surface area contributed by atoms with E-state index in [4.69, 9.17) is 9.47 Å². The molecule has 0 atom stereocenters. The van der Waals surface area contributed by atoms with E-state index in [9.17, 15) is 0 Å². The maximum atomic E-state index is 5.20. The Morgan fingerprint density at radius 3 is 2.27 bits per heavy atom. The first-order valence-electron chi connectivity index (χ1n) is 3.79. The van der Waals surface area contributed by atoms with Crippen molar-refractivity contribution in [3.63, 3.8) is 0 Å². The zero-order valence-corrected chi connectivity index (χ0v) is 7.69. The highest BCUT2D eigenvalue weighted by atomic mass is 32.1. The summed E-state index contributed by atoms with van der Waals surface area (Å²) < 4.78 is 10.3. The minimum absolute atomic E-state index is 0.664. The van der Waals surface area contributed by atoms with Crippen molar-refractivity contribution in [1.82, 2.24) is 0 Å². The van der Waals surface area contributed by atoms with Gasteiger partial charge in [0, 0.05) is 5.75 Å². The molecule has 0 saturated carbocycles. The van der Waals surface area contributed by atoms with Gasteiger partial charge in [-0.2, -0.15) is 12.6 Å². The van der Waals surface area contributed by atoms with Crippen molar-refractivity contribution in [2.45, 2.75) is 6.42 Å². The van der Waals surface area contributed by atoms with Crippen LogP contribution >= 0.6 is 12.6 Å². The molecule has 3 heteroatoms. The van der Waals surface area contributed by atoms with E-state index in [-0.39, 0.29) is 0 Å². The normalized spacial score (nSPS) is 9.91. The molecule has 0 rings (SSSR count). The average Bonchev–Trinajstić information content (AvgIpc) is 2.03. The molecule has 0 N–H and O–H groups in total. The molecular formula is C8H16O2S. The van der Waals surface area contributed by atoms with Gasteiger partial charge < -0.3 is 9.47 Å². The van der Waals surface area contributed by atoms with Crippen LogP contribution in [0, 0.1) is 0 Å². The minimum atomic E-state index is 0.664. The first-order chi connectivity index (χ1) is 5.41. The summed E-state index contributed by atoms with van der Waals surface area (Å²) in [7, 11) is 0. The maximum Gasteiger partial charge on any atom is 0.0700 e. The maximum absolute atomic E-state index is 5.20. The van der Waals surface area contributed by atoms with Gasteiger partial charge in [-0.15, -0.1) is 6.58 Å². The Hall–Kier alpha value is 0.0100. The van der Waals surface area contributed by atoms with Crippen molar-refractivity contribution >= 4 is 12.6 Å². The highest BCUT2D eigenvalue weighted by Gasteiger charge is 1.86. The topological polar surface area (TPSA) is 18.5 Å². The van der Waals surface area contributed by atoms with Crippen molar-refractivity contribution in [1.29, 1.82) is 0 Å². The van der Waals surface area contributed by atoms with Crippen LogP contribution in [0.3, 0.4) is 0 Å². The Morgan fingerprint density at radius 2 is 1.73 bits per heavy atom. The molecule has 0 spiro atoms. The molecule has 0 aliphatic heterocycles. The fourth-order valence-electron chi connectivity index (χ4n) is 0.553. The Morgan fingerprint density at radius 1 is 1.09 bits per heavy atom. The molecule has 0 aliphatic rings. The van der Waals surface area contributed by atoms with Crippen molar-refractivity contribution in [3.8, 4) is 0 Å². The van der Waals surface area contributed by atoms with Gasteiger partial charge >= 0.3 is 0 Å². The monoisotopic (exact) mass is 176 g/mol. The molecule has 0 radical (unpaired) electrons. The third-order valence-electron chi connectivity index (χ3n) is 1.07. The van der Waals surface area contributed by atoms with Crippen molar-refractivity contribution < 1.29 is 9.47 Å². The lowest BCUT2D eigenvalue weighted by Crippen LogP contribution is -2.06. The van der Waals surface area contributed by atoms with Gasteiger partial charge in [-0.05, 0) is 6.42 Å². The van der Waals surface area contributed by atoms with E-state index in [1.165, 1.54) is 0 Å². The average molecular weight is 176 g/mol. The molecule has 0 unspecified atom stereocenters. The molecule has 0 saturated heterocycles. The number of rotatable bonds is 8. The second-order valence-electron chi connectivity index (χ2n) is 2.03. The third kappa shape index (κ3) is 10.0. The van der Waals surface area contributed by atoms with E-state index in [1.54, 1.807) is 0 Å². The number of hydrogen-bond acceptors (Lipinski definition) is 3. The lowest BCUT2D eigenvalue weighted by atomic mass is 10.5. The molecule has 2 nitrogen and oxygen atoms in total. The van der Waals surface area contributed by atoms with Gasteiger partial charge in [0.2, 0.25) is 0 Å². The summed E-state index contributed by atoms with van der Waals surface area (Å²) in [5.74, 6) is 0.770. The first-order valence-corrected chi connectivity index (χ1v) is 4.42. The molecule has 0 bridgehead atoms. The Labute approximate surface area is 74.0 Å². The van der Waals surface area contributed by atoms with Gasteiger partial charge in [0.1, 0.15) is 0 Å². The van der Waals surface area contributed by atoms with E-state index >= 15 is 0 Å². The SMILES string of the molecule is C=CCCOCCOCCS. The predicted octanol–water partition coefficient (Wildman–Crippen LogP) is 1.53. The highest BCUT2D eigenvalue weighted by molar-refractivity contribution is 7.80. The van der Waals surface area contributed by atoms with Gasteiger partial charge in [-0.1, -0.05) is 6.08 Å². The summed E-state index contributed by atoms with van der Waals surface area (Å²) in [5.41, 5.74) is 0. The summed E-state index contributed by atoms with van der Waals surface area (Å²) in [5, 5.41) is 0. The standard InChI is InChI=1S/C8H16O2S/c1-2-3-4-9-5-6-10-7-8-11/h2,11H,1,3-8H2. The number of ether oxygens (including phenoxy) is 2. The second kappa shape index (κ2) is 10.0. The number of thiol groups is 1. The Balaban J connectivity index is 2.74. The van der Waals surface area contributed by atoms with Crippen molar-refractivity contribution in [3.05, 3.63) is 12.7 Å². The molecule has 0 aromatic heterocycles. The van der Waals surface area contributed by atoms with Crippen LogP contribution in [-0.4, -0.2) is 32.2 Å². The molecule has 0 amide bonds. The summed E-state index contributed by atoms with van der Waals surface area (Å²) in [6.45, 7) is 6.37. The first kappa shape index (κ1) is 11.0. The van der Waals surface area contributed by atoms with Gasteiger partial charge in [0.05, 0.1) is 26.4 Å². The molecule has 0 aromatic rings. The minimum Gasteiger partial charge on any atom is -0.379 e. The zero-order chi connectivity index (χ0) is 8.36. The fraction of sp³-hybridized carbons (Fsp3) is 0.750. The molecule has 0 fully saturated rings. The second-order valence-corrected chi connectivity index (χ2v) is 2.47. The summed E-state index contributed by atoms with van der Waals surface area (Å²) >= 11 is 4.00. The van der Waals surface area contributed by atoms with Crippen molar-refractivity contribution in [2.75, 3.05) is 32.2 Å². The molecule has 0 aromatic carbocycles. The summed E-state index contributed by atoms with van der Waals surface area (Å²) in [6.07, 6.45) is 2.75. The third-order valence-corrected chi connectivity index (χ3v) is 1.26. The van der Waals surface area contributed by atoms with Crippen LogP contribution in [-0.2, 0) is 9.47 Å². The van der Waals surface area contributed by atoms with Crippen LogP contribution in [0.5, 0.6) is 0 Å². The lowest BCUT2D eigenvalue weighted by Gasteiger charge is -2.02. The van der Waals surface area contributed by atoms with Crippen LogP contribution in [0.4, 0.5) is 0 Å². The Bertz CT molecular complexity index is 86.2. The van der Waals surface area contributed by atoms with Crippen LogP contribution < -0.4 is 0 Å². The van der Waals surface area contributed by atoms with Crippen LogP contribution in [0.25, 0.3) is 0 Å². The predicted molar refractivity (Wildman–Crippen MR) is 50.3 cm³/mol. The van der Waals surface area contributed by atoms with Crippen LogP contribution in [0.1, 0.15) is 6.42 Å². The van der Waals surface area contributed by atoms with Gasteiger partial charge in [-0.25, -0.2) is 0 Å². The van der Waals surface area contributed by atoms with Gasteiger partial charge in [0.15, 0.2) is 0 Å². The largest absolute Gasteiger partial charge is 0.379 e. The molecule has 0 heterocycles. The lowest BCUT2D eigenvalue weighted by molar-refractivity contribution is 0.0558. The quantitative estimate of drug-likeness (QED) is 0.343. The van der Waals surface area contributed by atoms with E-state index in [1.807, 2.05) is 6.08 Å². The molecule has 0 aliphatic carbocycles. The van der Waals surface area contributed by atoms with E-state index in [0.29, 0.717) is 19.8 Å². The summed E-state index contributed by atoms with van der Waals surface area (Å²) in [4.78, 5) is 0. The van der Waals surface area contributed by atoms with E-state index in [2.05, 4.69) is 19.2 Å². The van der Waals surface area contributed by atoms with Crippen molar-refractivity contribution in [2.24, 2.45) is 0 Å². The molecule has 66 valence electrons. The van der Waals surface area contributed by atoms with Crippen LogP contribution in [0.15, 0.2) is 12.7 Å². The highest BCUT2D eigenvalue weighted by Crippen LogP contribution is 1.84. The van der Waals surface area contributed by atoms with Gasteiger partial charge in [0.25, 0.3) is 0 Å². The van der Waals surface area contributed by atoms with E-state index < -0.39 is 0 Å². The number of hydrogen-bond donors (Lipinski definition) is 1. The van der Waals surface area contributed by atoms with Gasteiger partial charge in [-0.3, -0.25) is 0 Å². The Kier molecular flexibility index (Phi) is 10.0. The molecule has 11 heavy (non-hydrogen) atoms. The summed E-state index contributed by atoms with van der Waals surface area (Å²) in [6, 6.07) is 0. The van der Waals surface area contributed by atoms with E-state index in [0.717, 1.165) is 18.8 Å². The van der Waals surface area contributed by atoms with Crippen LogP contribution in [0.2, 0.25) is 0 Å².